The number of nitrogens with zero attached hydrogens (tertiary/aromatic N) is 4. The minimum Gasteiger partial charge on any atom is -0.262 e. The summed E-state index contributed by atoms with van der Waals surface area (Å²) in [6, 6.07) is 8.04. The number of benzene rings is 1. The molecule has 0 bridgehead atoms. The third-order valence-electron chi connectivity index (χ3n) is 2.62. The van der Waals surface area contributed by atoms with Crippen LogP contribution in [0.25, 0.3) is 17.0 Å². The maximum absolute atomic E-state index is 6.16. The lowest BCUT2D eigenvalue weighted by Crippen LogP contribution is -1.93. The zero-order valence-electron chi connectivity index (χ0n) is 9.54. The van der Waals surface area contributed by atoms with E-state index in [1.54, 1.807) is 28.6 Å². The van der Waals surface area contributed by atoms with Gasteiger partial charge in [0, 0.05) is 10.5 Å². The minimum atomic E-state index is 0.503. The van der Waals surface area contributed by atoms with Crippen molar-refractivity contribution in [3.05, 3.63) is 41.8 Å². The predicted octanol–water partition coefficient (Wildman–Crippen LogP) is 3.17. The van der Waals surface area contributed by atoms with E-state index in [1.807, 2.05) is 24.5 Å². The first-order valence-corrected chi connectivity index (χ1v) is 6.89. The van der Waals surface area contributed by atoms with Gasteiger partial charge in [0.15, 0.2) is 11.5 Å². The molecule has 0 aliphatic heterocycles. The van der Waals surface area contributed by atoms with Crippen LogP contribution < -0.4 is 0 Å². The molecule has 3 aromatic rings. The summed E-state index contributed by atoms with van der Waals surface area (Å²) in [5.74, 6) is 0.738. The SMILES string of the molecule is CSc1ccccc1-c1nnc2cncc(Cl)n12. The molecule has 0 unspecified atom stereocenters. The number of fused-ring (bicyclic) bond motifs is 1. The molecule has 0 aliphatic carbocycles. The molecule has 0 fully saturated rings. The molecule has 6 heteroatoms. The molecule has 0 spiro atoms. The van der Waals surface area contributed by atoms with Crippen molar-refractivity contribution in [2.45, 2.75) is 4.90 Å². The Morgan fingerprint density at radius 1 is 1.17 bits per heavy atom. The summed E-state index contributed by atoms with van der Waals surface area (Å²) in [6.45, 7) is 0. The average molecular weight is 277 g/mol. The van der Waals surface area contributed by atoms with E-state index < -0.39 is 0 Å². The molecule has 0 N–H and O–H groups in total. The van der Waals surface area contributed by atoms with Crippen molar-refractivity contribution in [2.75, 3.05) is 6.26 Å². The molecule has 2 heterocycles. The second kappa shape index (κ2) is 4.59. The van der Waals surface area contributed by atoms with Crippen molar-refractivity contribution < 1.29 is 0 Å². The molecule has 2 aromatic heterocycles. The van der Waals surface area contributed by atoms with Gasteiger partial charge in [-0.2, -0.15) is 0 Å². The summed E-state index contributed by atoms with van der Waals surface area (Å²) in [4.78, 5) is 5.14. The summed E-state index contributed by atoms with van der Waals surface area (Å²) < 4.78 is 1.80. The van der Waals surface area contributed by atoms with E-state index >= 15 is 0 Å². The topological polar surface area (TPSA) is 43.1 Å². The molecule has 0 saturated carbocycles. The highest BCUT2D eigenvalue weighted by molar-refractivity contribution is 7.98. The fourth-order valence-electron chi connectivity index (χ4n) is 1.82. The van der Waals surface area contributed by atoms with E-state index in [2.05, 4.69) is 21.2 Å². The Hall–Kier alpha value is -1.59. The van der Waals surface area contributed by atoms with Crippen LogP contribution in [-0.4, -0.2) is 25.8 Å². The van der Waals surface area contributed by atoms with Crippen LogP contribution in [0.2, 0.25) is 5.15 Å². The predicted molar refractivity (Wildman–Crippen MR) is 73.0 cm³/mol. The molecule has 4 nitrogen and oxygen atoms in total. The fraction of sp³-hybridized carbons (Fsp3) is 0.0833. The maximum Gasteiger partial charge on any atom is 0.180 e. The minimum absolute atomic E-state index is 0.503. The van der Waals surface area contributed by atoms with E-state index in [0.29, 0.717) is 10.8 Å². The smallest absolute Gasteiger partial charge is 0.180 e. The van der Waals surface area contributed by atoms with E-state index in [0.717, 1.165) is 16.3 Å². The molecular weight excluding hydrogens is 268 g/mol. The largest absolute Gasteiger partial charge is 0.262 e. The molecule has 0 radical (unpaired) electrons. The van der Waals surface area contributed by atoms with Crippen LogP contribution in [0.5, 0.6) is 0 Å². The van der Waals surface area contributed by atoms with Gasteiger partial charge in [-0.25, -0.2) is 0 Å². The molecule has 90 valence electrons. The zero-order chi connectivity index (χ0) is 12.5. The van der Waals surface area contributed by atoms with Crippen molar-refractivity contribution in [1.82, 2.24) is 19.6 Å². The van der Waals surface area contributed by atoms with Gasteiger partial charge < -0.3 is 0 Å². The first-order valence-electron chi connectivity index (χ1n) is 5.29. The van der Waals surface area contributed by atoms with Crippen molar-refractivity contribution in [2.24, 2.45) is 0 Å². The van der Waals surface area contributed by atoms with Gasteiger partial charge in [-0.1, -0.05) is 29.8 Å². The lowest BCUT2D eigenvalue weighted by Gasteiger charge is -2.06. The number of rotatable bonds is 2. The average Bonchev–Trinajstić information content (AvgIpc) is 2.84. The normalized spacial score (nSPS) is 11.0. The molecule has 0 atom stereocenters. The van der Waals surface area contributed by atoms with Crippen molar-refractivity contribution >= 4 is 29.0 Å². The van der Waals surface area contributed by atoms with Crippen molar-refractivity contribution in [3.8, 4) is 11.4 Å². The highest BCUT2D eigenvalue weighted by Gasteiger charge is 2.13. The molecule has 18 heavy (non-hydrogen) atoms. The summed E-state index contributed by atoms with van der Waals surface area (Å²) in [5, 5.41) is 8.80. The Morgan fingerprint density at radius 3 is 2.83 bits per heavy atom. The second-order valence-corrected chi connectivity index (χ2v) is 4.88. The molecule has 0 aliphatic rings. The Morgan fingerprint density at radius 2 is 2.00 bits per heavy atom. The highest BCUT2D eigenvalue weighted by atomic mass is 35.5. The molecule has 1 aromatic carbocycles. The van der Waals surface area contributed by atoms with Gasteiger partial charge in [-0.15, -0.1) is 22.0 Å². The third kappa shape index (κ3) is 1.76. The van der Waals surface area contributed by atoms with Crippen LogP contribution in [0.1, 0.15) is 0 Å². The van der Waals surface area contributed by atoms with Gasteiger partial charge >= 0.3 is 0 Å². The van der Waals surface area contributed by atoms with Crippen LogP contribution in [0.3, 0.4) is 0 Å². The van der Waals surface area contributed by atoms with Crippen LogP contribution in [0.15, 0.2) is 41.6 Å². The van der Waals surface area contributed by atoms with Crippen molar-refractivity contribution in [1.29, 1.82) is 0 Å². The van der Waals surface area contributed by atoms with Crippen molar-refractivity contribution in [3.63, 3.8) is 0 Å². The zero-order valence-corrected chi connectivity index (χ0v) is 11.1. The first-order chi connectivity index (χ1) is 8.81. The number of thioether (sulfide) groups is 1. The first kappa shape index (κ1) is 11.5. The lowest BCUT2D eigenvalue weighted by molar-refractivity contribution is 1.10. The van der Waals surface area contributed by atoms with Gasteiger partial charge in [-0.05, 0) is 12.3 Å². The Kier molecular flexibility index (Phi) is 2.93. The van der Waals surface area contributed by atoms with E-state index in [4.69, 9.17) is 11.6 Å². The number of aromatic nitrogens is 4. The van der Waals surface area contributed by atoms with Gasteiger partial charge in [0.25, 0.3) is 0 Å². The quantitative estimate of drug-likeness (QED) is 0.674. The summed E-state index contributed by atoms with van der Waals surface area (Å²) in [5.41, 5.74) is 1.67. The third-order valence-corrected chi connectivity index (χ3v) is 3.68. The summed E-state index contributed by atoms with van der Waals surface area (Å²) in [7, 11) is 0. The summed E-state index contributed by atoms with van der Waals surface area (Å²) >= 11 is 7.83. The van der Waals surface area contributed by atoms with Gasteiger partial charge in [-0.3, -0.25) is 9.38 Å². The Balaban J connectivity index is 2.32. The second-order valence-electron chi connectivity index (χ2n) is 3.65. The maximum atomic E-state index is 6.16. The van der Waals surface area contributed by atoms with E-state index in [-0.39, 0.29) is 0 Å². The van der Waals surface area contributed by atoms with Crippen LogP contribution in [0, 0.1) is 0 Å². The monoisotopic (exact) mass is 276 g/mol. The standard InChI is InChI=1S/C12H9ClN4S/c1-18-9-5-3-2-4-8(9)12-16-15-11-7-14-6-10(13)17(11)12/h2-7H,1H3. The number of hydrogen-bond donors (Lipinski definition) is 0. The summed E-state index contributed by atoms with van der Waals surface area (Å²) in [6.07, 6.45) is 5.26. The van der Waals surface area contributed by atoms with Crippen LogP contribution in [0.4, 0.5) is 0 Å². The van der Waals surface area contributed by atoms with Gasteiger partial charge in [0.05, 0.1) is 12.4 Å². The van der Waals surface area contributed by atoms with Gasteiger partial charge in [0.2, 0.25) is 0 Å². The molecule has 0 amide bonds. The van der Waals surface area contributed by atoms with Crippen LogP contribution in [-0.2, 0) is 0 Å². The Bertz CT molecular complexity index is 710. The van der Waals surface area contributed by atoms with Crippen LogP contribution >= 0.6 is 23.4 Å². The number of hydrogen-bond acceptors (Lipinski definition) is 4. The van der Waals surface area contributed by atoms with E-state index in [9.17, 15) is 0 Å². The van der Waals surface area contributed by atoms with Gasteiger partial charge in [0.1, 0.15) is 5.15 Å². The fourth-order valence-corrected chi connectivity index (χ4v) is 2.63. The highest BCUT2D eigenvalue weighted by Crippen LogP contribution is 2.30. The molecular formula is C12H9ClN4S. The number of halogens is 1. The van der Waals surface area contributed by atoms with E-state index in [1.165, 1.54) is 0 Å². The Labute approximate surface area is 113 Å². The molecule has 3 rings (SSSR count). The molecule has 0 saturated heterocycles. The lowest BCUT2D eigenvalue weighted by atomic mass is 10.2.